The van der Waals surface area contributed by atoms with Crippen LogP contribution in [0.5, 0.6) is 0 Å². The van der Waals surface area contributed by atoms with Crippen LogP contribution in [0.15, 0.2) is 22.1 Å². The van der Waals surface area contributed by atoms with Crippen LogP contribution in [0.2, 0.25) is 0 Å². The highest BCUT2D eigenvalue weighted by atomic mass is 79.9. The second kappa shape index (κ2) is 6.50. The van der Waals surface area contributed by atoms with Crippen molar-refractivity contribution in [2.45, 2.75) is 32.7 Å². The Bertz CT molecular complexity index is 490. The smallest absolute Gasteiger partial charge is 0.106 e. The van der Waals surface area contributed by atoms with Crippen LogP contribution in [0.1, 0.15) is 26.1 Å². The number of thiophene rings is 1. The Labute approximate surface area is 120 Å². The lowest BCUT2D eigenvalue weighted by atomic mass is 10.3. The number of halogens is 1. The highest BCUT2D eigenvalue weighted by Gasteiger charge is 2.05. The van der Waals surface area contributed by atoms with Crippen molar-refractivity contribution in [2.24, 2.45) is 0 Å². The first kappa shape index (κ1) is 13.8. The van der Waals surface area contributed by atoms with Gasteiger partial charge in [-0.25, -0.2) is 4.98 Å². The van der Waals surface area contributed by atoms with Crippen LogP contribution in [0.25, 0.3) is 10.6 Å². The van der Waals surface area contributed by atoms with E-state index in [4.69, 9.17) is 0 Å². The molecule has 0 radical (unpaired) electrons. The van der Waals surface area contributed by atoms with Crippen LogP contribution in [0.3, 0.4) is 0 Å². The molecule has 3 nitrogen and oxygen atoms in total. The highest BCUT2D eigenvalue weighted by Crippen LogP contribution is 2.30. The van der Waals surface area contributed by atoms with Gasteiger partial charge in [-0.2, -0.15) is 0 Å². The van der Waals surface area contributed by atoms with E-state index >= 15 is 0 Å². The number of nitrogens with zero attached hydrogens (tertiary/aromatic N) is 1. The topological polar surface area (TPSA) is 40.7 Å². The van der Waals surface area contributed by atoms with Crippen LogP contribution in [-0.2, 0) is 6.42 Å². The SMILES string of the molecule is CC(C)NCCCc1ncc(-c2ccc(Br)s2)[nH]1. The highest BCUT2D eigenvalue weighted by molar-refractivity contribution is 9.11. The Morgan fingerprint density at radius 3 is 2.94 bits per heavy atom. The molecule has 2 rings (SSSR count). The van der Waals surface area contributed by atoms with Gasteiger partial charge < -0.3 is 10.3 Å². The molecule has 0 unspecified atom stereocenters. The van der Waals surface area contributed by atoms with Gasteiger partial charge >= 0.3 is 0 Å². The number of nitrogens with one attached hydrogen (secondary N) is 2. The third kappa shape index (κ3) is 3.93. The number of rotatable bonds is 6. The third-order valence-electron chi connectivity index (χ3n) is 2.61. The summed E-state index contributed by atoms with van der Waals surface area (Å²) in [6.07, 6.45) is 4.02. The molecule has 0 atom stereocenters. The van der Waals surface area contributed by atoms with E-state index in [1.165, 1.54) is 4.88 Å². The maximum absolute atomic E-state index is 4.43. The molecule has 2 aromatic rings. The lowest BCUT2D eigenvalue weighted by molar-refractivity contribution is 0.567. The maximum Gasteiger partial charge on any atom is 0.106 e. The minimum atomic E-state index is 0.556. The number of aryl methyl sites for hydroxylation is 1. The Morgan fingerprint density at radius 1 is 1.44 bits per heavy atom. The molecule has 0 aliphatic heterocycles. The van der Waals surface area contributed by atoms with Crippen molar-refractivity contribution in [1.82, 2.24) is 15.3 Å². The lowest BCUT2D eigenvalue weighted by Gasteiger charge is -2.06. The summed E-state index contributed by atoms with van der Waals surface area (Å²) >= 11 is 5.20. The quantitative estimate of drug-likeness (QED) is 0.791. The number of aromatic nitrogens is 2. The number of imidazole rings is 1. The zero-order chi connectivity index (χ0) is 13.0. The summed E-state index contributed by atoms with van der Waals surface area (Å²) in [6, 6.07) is 4.72. The monoisotopic (exact) mass is 327 g/mol. The van der Waals surface area contributed by atoms with E-state index in [-0.39, 0.29) is 0 Å². The molecule has 0 fully saturated rings. The standard InChI is InChI=1S/C13H18BrN3S/c1-9(2)15-7-3-4-13-16-8-10(17-13)11-5-6-12(14)18-11/h5-6,8-9,15H,3-4,7H2,1-2H3,(H,16,17). The fraction of sp³-hybridized carbons (Fsp3) is 0.462. The zero-order valence-corrected chi connectivity index (χ0v) is 13.1. The molecule has 2 heterocycles. The molecule has 0 aliphatic carbocycles. The Balaban J connectivity index is 1.86. The zero-order valence-electron chi connectivity index (χ0n) is 10.7. The normalized spacial score (nSPS) is 11.3. The van der Waals surface area contributed by atoms with E-state index < -0.39 is 0 Å². The van der Waals surface area contributed by atoms with Crippen molar-refractivity contribution in [3.05, 3.63) is 27.9 Å². The van der Waals surface area contributed by atoms with Crippen LogP contribution < -0.4 is 5.32 Å². The first-order valence-electron chi connectivity index (χ1n) is 6.18. The van der Waals surface area contributed by atoms with Gasteiger partial charge in [-0.05, 0) is 41.0 Å². The maximum atomic E-state index is 4.43. The third-order valence-corrected chi connectivity index (χ3v) is 4.27. The van der Waals surface area contributed by atoms with Gasteiger partial charge in [0.2, 0.25) is 0 Å². The Hall–Kier alpha value is -0.650. The summed E-state index contributed by atoms with van der Waals surface area (Å²) in [5.74, 6) is 1.07. The fourth-order valence-corrected chi connectivity index (χ4v) is 3.07. The Kier molecular flexibility index (Phi) is 4.97. The molecule has 0 aromatic carbocycles. The predicted molar refractivity (Wildman–Crippen MR) is 81.1 cm³/mol. The molecule has 0 bridgehead atoms. The summed E-state index contributed by atoms with van der Waals surface area (Å²) in [4.78, 5) is 9.03. The first-order chi connectivity index (χ1) is 8.65. The number of hydrogen-bond donors (Lipinski definition) is 2. The lowest BCUT2D eigenvalue weighted by Crippen LogP contribution is -2.24. The van der Waals surface area contributed by atoms with Gasteiger partial charge in [-0.1, -0.05) is 13.8 Å². The number of aromatic amines is 1. The van der Waals surface area contributed by atoms with Crippen LogP contribution in [-0.4, -0.2) is 22.6 Å². The fourth-order valence-electron chi connectivity index (χ4n) is 1.72. The summed E-state index contributed by atoms with van der Waals surface area (Å²) < 4.78 is 1.15. The molecule has 2 aromatic heterocycles. The second-order valence-corrected chi connectivity index (χ2v) is 7.02. The van der Waals surface area contributed by atoms with Gasteiger partial charge in [0.15, 0.2) is 0 Å². The van der Waals surface area contributed by atoms with Gasteiger partial charge in [-0.3, -0.25) is 0 Å². The second-order valence-electron chi connectivity index (χ2n) is 4.56. The van der Waals surface area contributed by atoms with Crippen molar-refractivity contribution in [1.29, 1.82) is 0 Å². The molecule has 0 saturated carbocycles. The predicted octanol–water partition coefficient (Wildman–Crippen LogP) is 3.83. The van der Waals surface area contributed by atoms with Gasteiger partial charge in [0.25, 0.3) is 0 Å². The van der Waals surface area contributed by atoms with Crippen molar-refractivity contribution in [2.75, 3.05) is 6.54 Å². The van der Waals surface area contributed by atoms with Gasteiger partial charge in [-0.15, -0.1) is 11.3 Å². The molecule has 0 amide bonds. The average Bonchev–Trinajstić information content (AvgIpc) is 2.93. The van der Waals surface area contributed by atoms with Crippen LogP contribution >= 0.6 is 27.3 Å². The van der Waals surface area contributed by atoms with E-state index in [2.05, 4.69) is 57.2 Å². The number of hydrogen-bond acceptors (Lipinski definition) is 3. The van der Waals surface area contributed by atoms with Crippen LogP contribution in [0, 0.1) is 0 Å². The number of H-pyrrole nitrogens is 1. The molecule has 0 spiro atoms. The molecule has 98 valence electrons. The molecule has 0 saturated heterocycles. The summed E-state index contributed by atoms with van der Waals surface area (Å²) in [7, 11) is 0. The minimum Gasteiger partial charge on any atom is -0.341 e. The van der Waals surface area contributed by atoms with Crippen molar-refractivity contribution >= 4 is 27.3 Å². The molecular formula is C13H18BrN3S. The largest absolute Gasteiger partial charge is 0.341 e. The van der Waals surface area contributed by atoms with Gasteiger partial charge in [0.05, 0.1) is 20.6 Å². The molecular weight excluding hydrogens is 310 g/mol. The summed E-state index contributed by atoms with van der Waals surface area (Å²) in [6.45, 7) is 5.37. The van der Waals surface area contributed by atoms with Crippen molar-refractivity contribution in [3.63, 3.8) is 0 Å². The molecule has 5 heteroatoms. The minimum absolute atomic E-state index is 0.556. The molecule has 18 heavy (non-hydrogen) atoms. The van der Waals surface area contributed by atoms with Gasteiger partial charge in [0, 0.05) is 12.5 Å². The summed E-state index contributed by atoms with van der Waals surface area (Å²) in [5, 5.41) is 3.41. The Morgan fingerprint density at radius 2 is 2.28 bits per heavy atom. The average molecular weight is 328 g/mol. The van der Waals surface area contributed by atoms with Crippen molar-refractivity contribution in [3.8, 4) is 10.6 Å². The first-order valence-corrected chi connectivity index (χ1v) is 7.79. The van der Waals surface area contributed by atoms with E-state index in [1.807, 2.05) is 6.20 Å². The van der Waals surface area contributed by atoms with E-state index in [0.717, 1.165) is 34.7 Å². The van der Waals surface area contributed by atoms with E-state index in [9.17, 15) is 0 Å². The molecule has 0 aliphatic rings. The van der Waals surface area contributed by atoms with E-state index in [1.54, 1.807) is 11.3 Å². The van der Waals surface area contributed by atoms with Crippen molar-refractivity contribution < 1.29 is 0 Å². The van der Waals surface area contributed by atoms with E-state index in [0.29, 0.717) is 6.04 Å². The van der Waals surface area contributed by atoms with Gasteiger partial charge in [0.1, 0.15) is 5.82 Å². The molecule has 2 N–H and O–H groups in total. The summed E-state index contributed by atoms with van der Waals surface area (Å²) in [5.41, 5.74) is 1.11. The van der Waals surface area contributed by atoms with Crippen LogP contribution in [0.4, 0.5) is 0 Å².